The van der Waals surface area contributed by atoms with Gasteiger partial charge in [-0.2, -0.15) is 0 Å². The number of nitrogens with one attached hydrogen (secondary N) is 1. The van der Waals surface area contributed by atoms with Crippen LogP contribution in [0.25, 0.3) is 0 Å². The maximum atomic E-state index is 11.1. The number of hydrogen-bond acceptors (Lipinski definition) is 3. The summed E-state index contributed by atoms with van der Waals surface area (Å²) in [6.45, 7) is 6.63. The number of nitrogens with zero attached hydrogens (tertiary/aromatic N) is 1. The maximum Gasteiger partial charge on any atom is 0.216 e. The third-order valence-electron chi connectivity index (χ3n) is 4.40. The van der Waals surface area contributed by atoms with Crippen molar-refractivity contribution in [1.82, 2.24) is 10.2 Å². The van der Waals surface area contributed by atoms with E-state index < -0.39 is 0 Å². The fourth-order valence-corrected chi connectivity index (χ4v) is 3.32. The standard InChI is InChI=1S/C17H25ClN2O2/c1-12(15-6-7-17(22-3)16(18)9-15)20-8-4-5-14(11-20)10-19-13(2)21/h6-7,9,12,14H,4-5,8,10-11H2,1-3H3,(H,19,21)/t12-,14-/m0/s1. The van der Waals surface area contributed by atoms with Crippen molar-refractivity contribution >= 4 is 17.5 Å². The van der Waals surface area contributed by atoms with Crippen molar-refractivity contribution in [2.75, 3.05) is 26.7 Å². The Morgan fingerprint density at radius 3 is 2.95 bits per heavy atom. The van der Waals surface area contributed by atoms with Gasteiger partial charge in [-0.05, 0) is 49.9 Å². The fourth-order valence-electron chi connectivity index (χ4n) is 3.06. The molecule has 1 fully saturated rings. The van der Waals surface area contributed by atoms with Gasteiger partial charge in [0.05, 0.1) is 12.1 Å². The van der Waals surface area contributed by atoms with Crippen molar-refractivity contribution in [2.45, 2.75) is 32.7 Å². The molecular formula is C17H25ClN2O2. The molecular weight excluding hydrogens is 300 g/mol. The molecule has 1 saturated heterocycles. The summed E-state index contributed by atoms with van der Waals surface area (Å²) in [5, 5.41) is 3.59. The summed E-state index contributed by atoms with van der Waals surface area (Å²) in [7, 11) is 1.63. The largest absolute Gasteiger partial charge is 0.495 e. The Hall–Kier alpha value is -1.26. The third kappa shape index (κ3) is 4.37. The molecule has 1 heterocycles. The van der Waals surface area contributed by atoms with Crippen LogP contribution in [0.15, 0.2) is 18.2 Å². The van der Waals surface area contributed by atoms with E-state index in [2.05, 4.69) is 23.2 Å². The Balaban J connectivity index is 2.00. The van der Waals surface area contributed by atoms with Crippen LogP contribution < -0.4 is 10.1 Å². The number of hydrogen-bond donors (Lipinski definition) is 1. The first kappa shape index (κ1) is 17.1. The zero-order chi connectivity index (χ0) is 16.1. The highest BCUT2D eigenvalue weighted by molar-refractivity contribution is 6.32. The number of benzene rings is 1. The lowest BCUT2D eigenvalue weighted by molar-refractivity contribution is -0.119. The summed E-state index contributed by atoms with van der Waals surface area (Å²) < 4.78 is 5.21. The van der Waals surface area contributed by atoms with Gasteiger partial charge in [0.25, 0.3) is 0 Å². The van der Waals surface area contributed by atoms with E-state index in [4.69, 9.17) is 16.3 Å². The lowest BCUT2D eigenvalue weighted by Crippen LogP contribution is -2.41. The van der Waals surface area contributed by atoms with Crippen molar-refractivity contribution in [2.24, 2.45) is 5.92 Å². The Labute approximate surface area is 137 Å². The van der Waals surface area contributed by atoms with Gasteiger partial charge in [-0.15, -0.1) is 0 Å². The number of piperidine rings is 1. The number of methoxy groups -OCH3 is 1. The number of carbonyl (C=O) groups is 1. The highest BCUT2D eigenvalue weighted by Crippen LogP contribution is 2.31. The first-order valence-electron chi connectivity index (χ1n) is 7.83. The highest BCUT2D eigenvalue weighted by atomic mass is 35.5. The third-order valence-corrected chi connectivity index (χ3v) is 4.69. The van der Waals surface area contributed by atoms with Crippen LogP contribution in [-0.2, 0) is 4.79 Å². The van der Waals surface area contributed by atoms with Gasteiger partial charge >= 0.3 is 0 Å². The quantitative estimate of drug-likeness (QED) is 0.904. The normalized spacial score (nSPS) is 20.5. The molecule has 0 aromatic heterocycles. The fraction of sp³-hybridized carbons (Fsp3) is 0.588. The number of ether oxygens (including phenoxy) is 1. The number of amides is 1. The van der Waals surface area contributed by atoms with E-state index in [-0.39, 0.29) is 5.91 Å². The molecule has 122 valence electrons. The van der Waals surface area contributed by atoms with Crippen LogP contribution in [0.2, 0.25) is 5.02 Å². The van der Waals surface area contributed by atoms with Crippen molar-refractivity contribution in [3.63, 3.8) is 0 Å². The first-order chi connectivity index (χ1) is 10.5. The summed E-state index contributed by atoms with van der Waals surface area (Å²) in [5.74, 6) is 1.28. The molecule has 4 nitrogen and oxygen atoms in total. The lowest BCUT2D eigenvalue weighted by atomic mass is 9.95. The van der Waals surface area contributed by atoms with E-state index >= 15 is 0 Å². The zero-order valence-electron chi connectivity index (χ0n) is 13.6. The van der Waals surface area contributed by atoms with Gasteiger partial charge < -0.3 is 10.1 Å². The first-order valence-corrected chi connectivity index (χ1v) is 8.21. The van der Waals surface area contributed by atoms with Gasteiger partial charge in [0.2, 0.25) is 5.91 Å². The van der Waals surface area contributed by atoms with Gasteiger partial charge in [0.1, 0.15) is 5.75 Å². The van der Waals surface area contributed by atoms with Crippen molar-refractivity contribution in [1.29, 1.82) is 0 Å². The number of halogens is 1. The minimum Gasteiger partial charge on any atom is -0.495 e. The van der Waals surface area contributed by atoms with Crippen molar-refractivity contribution in [3.8, 4) is 5.75 Å². The second-order valence-corrected chi connectivity index (χ2v) is 6.42. The molecule has 22 heavy (non-hydrogen) atoms. The number of rotatable bonds is 5. The summed E-state index contributed by atoms with van der Waals surface area (Å²) in [6.07, 6.45) is 2.34. The smallest absolute Gasteiger partial charge is 0.216 e. The van der Waals surface area contributed by atoms with Crippen molar-refractivity contribution < 1.29 is 9.53 Å². The molecule has 5 heteroatoms. The monoisotopic (exact) mass is 324 g/mol. The van der Waals surface area contributed by atoms with Crippen LogP contribution in [0, 0.1) is 5.92 Å². The van der Waals surface area contributed by atoms with E-state index in [9.17, 15) is 4.79 Å². The molecule has 2 atom stereocenters. The van der Waals surface area contributed by atoms with Gasteiger partial charge in [-0.1, -0.05) is 17.7 Å². The molecule has 1 aliphatic rings. The molecule has 0 radical (unpaired) electrons. The average Bonchev–Trinajstić information content (AvgIpc) is 2.52. The van der Waals surface area contributed by atoms with Crippen LogP contribution in [0.3, 0.4) is 0 Å². The van der Waals surface area contributed by atoms with E-state index in [1.54, 1.807) is 14.0 Å². The SMILES string of the molecule is COc1ccc([C@H](C)N2CCC[C@@H](CNC(C)=O)C2)cc1Cl. The molecule has 1 aliphatic heterocycles. The molecule has 1 N–H and O–H groups in total. The van der Waals surface area contributed by atoms with Gasteiger partial charge in [0, 0.05) is 26.1 Å². The zero-order valence-corrected chi connectivity index (χ0v) is 14.3. The van der Waals surface area contributed by atoms with Crippen LogP contribution in [0.1, 0.15) is 38.3 Å². The van der Waals surface area contributed by atoms with Gasteiger partial charge in [-0.3, -0.25) is 9.69 Å². The molecule has 1 amide bonds. The summed E-state index contributed by atoms with van der Waals surface area (Å²) in [4.78, 5) is 13.5. The topological polar surface area (TPSA) is 41.6 Å². The molecule has 0 aliphatic carbocycles. The van der Waals surface area contributed by atoms with Crippen molar-refractivity contribution in [3.05, 3.63) is 28.8 Å². The lowest BCUT2D eigenvalue weighted by Gasteiger charge is -2.37. The second kappa shape index (κ2) is 7.84. The van der Waals surface area contributed by atoms with Crippen LogP contribution in [0.4, 0.5) is 0 Å². The Kier molecular flexibility index (Phi) is 6.09. The van der Waals surface area contributed by atoms with Gasteiger partial charge in [0.15, 0.2) is 0 Å². The van der Waals surface area contributed by atoms with Crippen LogP contribution in [0.5, 0.6) is 5.75 Å². The minimum atomic E-state index is 0.0482. The number of carbonyl (C=O) groups excluding carboxylic acids is 1. The van der Waals surface area contributed by atoms with Crippen LogP contribution >= 0.6 is 11.6 Å². The van der Waals surface area contributed by atoms with E-state index in [1.807, 2.05) is 12.1 Å². The van der Waals surface area contributed by atoms with Gasteiger partial charge in [-0.25, -0.2) is 0 Å². The minimum absolute atomic E-state index is 0.0482. The summed E-state index contributed by atoms with van der Waals surface area (Å²) >= 11 is 6.23. The molecule has 0 saturated carbocycles. The highest BCUT2D eigenvalue weighted by Gasteiger charge is 2.24. The van der Waals surface area contributed by atoms with Crippen LogP contribution in [-0.4, -0.2) is 37.6 Å². The Morgan fingerprint density at radius 1 is 1.55 bits per heavy atom. The molecule has 0 spiro atoms. The Morgan fingerprint density at radius 2 is 2.32 bits per heavy atom. The molecule has 0 bridgehead atoms. The average molecular weight is 325 g/mol. The van der Waals surface area contributed by atoms with E-state index in [1.165, 1.54) is 18.4 Å². The van der Waals surface area contributed by atoms with E-state index in [0.29, 0.717) is 22.7 Å². The molecule has 1 aromatic rings. The summed E-state index contributed by atoms with van der Waals surface area (Å²) in [6, 6.07) is 6.30. The predicted octanol–water partition coefficient (Wildman–Crippen LogP) is 3.26. The molecule has 0 unspecified atom stereocenters. The summed E-state index contributed by atoms with van der Waals surface area (Å²) in [5.41, 5.74) is 1.20. The Bertz CT molecular complexity index is 521. The number of likely N-dealkylation sites (tertiary alicyclic amines) is 1. The molecule has 2 rings (SSSR count). The second-order valence-electron chi connectivity index (χ2n) is 6.01. The molecule has 1 aromatic carbocycles. The maximum absolute atomic E-state index is 11.1. The van der Waals surface area contributed by atoms with E-state index in [0.717, 1.165) is 19.6 Å². The predicted molar refractivity (Wildman–Crippen MR) is 89.4 cm³/mol.